The van der Waals surface area contributed by atoms with Crippen molar-refractivity contribution in [3.63, 3.8) is 0 Å². The first kappa shape index (κ1) is 23.0. The molecule has 1 amide bonds. The molecule has 0 bridgehead atoms. The Bertz CT molecular complexity index is 1530. The number of pyridine rings is 1. The number of ketones is 1. The second-order valence-corrected chi connectivity index (χ2v) is 8.66. The zero-order valence-corrected chi connectivity index (χ0v) is 19.9. The van der Waals surface area contributed by atoms with E-state index in [4.69, 9.17) is 0 Å². The summed E-state index contributed by atoms with van der Waals surface area (Å²) >= 11 is 0. The first-order valence-electron chi connectivity index (χ1n) is 11.8. The molecule has 36 heavy (non-hydrogen) atoms. The van der Waals surface area contributed by atoms with Crippen LogP contribution in [-0.2, 0) is 6.42 Å². The second kappa shape index (κ2) is 10.2. The summed E-state index contributed by atoms with van der Waals surface area (Å²) in [7, 11) is 0. The van der Waals surface area contributed by atoms with Crippen LogP contribution in [0.25, 0.3) is 10.9 Å². The molecule has 0 fully saturated rings. The second-order valence-electron chi connectivity index (χ2n) is 8.66. The lowest BCUT2D eigenvalue weighted by Gasteiger charge is -2.11. The number of nitrogens with one attached hydrogen (secondary N) is 2. The molecule has 176 valence electrons. The van der Waals surface area contributed by atoms with Gasteiger partial charge in [0.1, 0.15) is 0 Å². The van der Waals surface area contributed by atoms with Crippen molar-refractivity contribution >= 4 is 39.7 Å². The minimum atomic E-state index is -0.169. The minimum Gasteiger partial charge on any atom is -0.355 e. The van der Waals surface area contributed by atoms with Crippen LogP contribution in [0, 0.1) is 0 Å². The van der Waals surface area contributed by atoms with Gasteiger partial charge >= 0.3 is 0 Å². The van der Waals surface area contributed by atoms with E-state index in [2.05, 4.69) is 27.8 Å². The zero-order chi connectivity index (χ0) is 24.9. The highest BCUT2D eigenvalue weighted by molar-refractivity contribution is 6.05. The molecule has 5 heteroatoms. The summed E-state index contributed by atoms with van der Waals surface area (Å²) in [6.45, 7) is 1.55. The monoisotopic (exact) mass is 471 g/mol. The number of nitrogens with zero attached hydrogens (tertiary/aromatic N) is 1. The van der Waals surface area contributed by atoms with Crippen LogP contribution in [0.15, 0.2) is 109 Å². The third-order valence-corrected chi connectivity index (χ3v) is 6.04. The smallest absolute Gasteiger partial charge is 0.255 e. The molecule has 0 saturated heterocycles. The van der Waals surface area contributed by atoms with Crippen molar-refractivity contribution in [1.29, 1.82) is 0 Å². The molecule has 0 aliphatic rings. The van der Waals surface area contributed by atoms with Crippen molar-refractivity contribution < 1.29 is 9.59 Å². The number of anilines is 3. The third-order valence-electron chi connectivity index (χ3n) is 6.04. The number of fused-ring (bicyclic) bond motifs is 1. The van der Waals surface area contributed by atoms with Gasteiger partial charge in [0.05, 0.1) is 5.52 Å². The van der Waals surface area contributed by atoms with Crippen molar-refractivity contribution in [1.82, 2.24) is 4.98 Å². The van der Waals surface area contributed by atoms with E-state index in [1.165, 1.54) is 11.1 Å². The Hall–Kier alpha value is -4.77. The molecule has 1 aromatic heterocycles. The lowest BCUT2D eigenvalue weighted by Crippen LogP contribution is -2.11. The van der Waals surface area contributed by atoms with Crippen LogP contribution in [0.5, 0.6) is 0 Å². The van der Waals surface area contributed by atoms with Crippen LogP contribution in [0.2, 0.25) is 0 Å². The maximum atomic E-state index is 12.8. The number of amides is 1. The molecule has 0 aliphatic carbocycles. The van der Waals surface area contributed by atoms with Gasteiger partial charge in [-0.3, -0.25) is 14.6 Å². The predicted molar refractivity (Wildman–Crippen MR) is 145 cm³/mol. The third kappa shape index (κ3) is 5.31. The van der Waals surface area contributed by atoms with Crippen LogP contribution in [0.1, 0.15) is 38.8 Å². The molecule has 0 atom stereocenters. The molecule has 0 spiro atoms. The summed E-state index contributed by atoms with van der Waals surface area (Å²) in [5.74, 6) is -0.161. The Labute approximate surface area is 209 Å². The standard InChI is InChI=1S/C31H25N3O2/c1-21(35)25-11-16-29-28(20-25)30(17-18-32-29)33-26-14-9-24(10-15-26)31(36)34-27-12-7-23(8-13-27)19-22-5-3-2-4-6-22/h2-18,20H,19H2,1H3,(H,32,33)(H,34,36). The SMILES string of the molecule is CC(=O)c1ccc2nccc(Nc3ccc(C(=O)Nc4ccc(Cc5ccccc5)cc4)cc3)c2c1. The summed E-state index contributed by atoms with van der Waals surface area (Å²) in [6.07, 6.45) is 2.58. The van der Waals surface area contributed by atoms with E-state index in [1.807, 2.05) is 72.8 Å². The van der Waals surface area contributed by atoms with E-state index < -0.39 is 0 Å². The van der Waals surface area contributed by atoms with Crippen molar-refractivity contribution in [3.05, 3.63) is 132 Å². The zero-order valence-electron chi connectivity index (χ0n) is 19.9. The van der Waals surface area contributed by atoms with Crippen molar-refractivity contribution in [2.24, 2.45) is 0 Å². The summed E-state index contributed by atoms with van der Waals surface area (Å²) in [4.78, 5) is 29.0. The quantitative estimate of drug-likeness (QED) is 0.250. The van der Waals surface area contributed by atoms with Crippen LogP contribution >= 0.6 is 0 Å². The number of carbonyl (C=O) groups excluding carboxylic acids is 2. The lowest BCUT2D eigenvalue weighted by atomic mass is 10.0. The summed E-state index contributed by atoms with van der Waals surface area (Å²) < 4.78 is 0. The van der Waals surface area contributed by atoms with Gasteiger partial charge in [-0.2, -0.15) is 0 Å². The highest BCUT2D eigenvalue weighted by Gasteiger charge is 2.09. The molecular weight excluding hydrogens is 446 g/mol. The molecule has 1 heterocycles. The van der Waals surface area contributed by atoms with Gasteiger partial charge in [-0.1, -0.05) is 42.5 Å². The summed E-state index contributed by atoms with van der Waals surface area (Å²) in [5, 5.41) is 7.20. The number of aromatic nitrogens is 1. The largest absolute Gasteiger partial charge is 0.355 e. The van der Waals surface area contributed by atoms with Crippen LogP contribution < -0.4 is 10.6 Å². The van der Waals surface area contributed by atoms with E-state index in [0.29, 0.717) is 11.1 Å². The number of hydrogen-bond acceptors (Lipinski definition) is 4. The van der Waals surface area contributed by atoms with Gasteiger partial charge in [-0.25, -0.2) is 0 Å². The Kier molecular flexibility index (Phi) is 6.54. The van der Waals surface area contributed by atoms with Crippen molar-refractivity contribution in [3.8, 4) is 0 Å². The van der Waals surface area contributed by atoms with Crippen LogP contribution in [-0.4, -0.2) is 16.7 Å². The van der Waals surface area contributed by atoms with Gasteiger partial charge in [0.15, 0.2) is 5.78 Å². The lowest BCUT2D eigenvalue weighted by molar-refractivity contribution is 0.101. The summed E-state index contributed by atoms with van der Waals surface area (Å²) in [6, 6.07) is 32.8. The molecule has 2 N–H and O–H groups in total. The van der Waals surface area contributed by atoms with E-state index in [1.54, 1.807) is 31.3 Å². The normalized spacial score (nSPS) is 10.7. The Morgan fingerprint density at radius 2 is 1.39 bits per heavy atom. The number of carbonyl (C=O) groups is 2. The fourth-order valence-electron chi connectivity index (χ4n) is 4.08. The minimum absolute atomic E-state index is 0.00732. The van der Waals surface area contributed by atoms with E-state index in [-0.39, 0.29) is 11.7 Å². The van der Waals surface area contributed by atoms with Crippen LogP contribution in [0.4, 0.5) is 17.1 Å². The Morgan fingerprint density at radius 1 is 0.722 bits per heavy atom. The molecule has 4 aromatic carbocycles. The van der Waals surface area contributed by atoms with Gasteiger partial charge in [-0.05, 0) is 85.1 Å². The molecule has 0 saturated carbocycles. The van der Waals surface area contributed by atoms with Gasteiger partial charge in [0.25, 0.3) is 5.91 Å². The number of hydrogen-bond donors (Lipinski definition) is 2. The topological polar surface area (TPSA) is 71.1 Å². The molecule has 0 unspecified atom stereocenters. The van der Waals surface area contributed by atoms with Gasteiger partial charge in [0, 0.05) is 39.8 Å². The first-order chi connectivity index (χ1) is 17.5. The number of benzene rings is 4. The van der Waals surface area contributed by atoms with Gasteiger partial charge < -0.3 is 10.6 Å². The van der Waals surface area contributed by atoms with Gasteiger partial charge in [0.2, 0.25) is 0 Å². The van der Waals surface area contributed by atoms with E-state index in [9.17, 15) is 9.59 Å². The predicted octanol–water partition coefficient (Wildman–Crippen LogP) is 7.02. The average Bonchev–Trinajstić information content (AvgIpc) is 2.91. The number of rotatable bonds is 7. The fraction of sp³-hybridized carbons (Fsp3) is 0.0645. The highest BCUT2D eigenvalue weighted by Crippen LogP contribution is 2.26. The molecular formula is C31H25N3O2. The number of Topliss-reactive ketones (excluding diaryl/α,β-unsaturated/α-hetero) is 1. The van der Waals surface area contributed by atoms with Crippen molar-refractivity contribution in [2.75, 3.05) is 10.6 Å². The highest BCUT2D eigenvalue weighted by atomic mass is 16.1. The molecule has 5 aromatic rings. The average molecular weight is 472 g/mol. The molecule has 0 aliphatic heterocycles. The molecule has 5 rings (SSSR count). The molecule has 0 radical (unpaired) electrons. The first-order valence-corrected chi connectivity index (χ1v) is 11.8. The van der Waals surface area contributed by atoms with E-state index >= 15 is 0 Å². The fourth-order valence-corrected chi connectivity index (χ4v) is 4.08. The summed E-state index contributed by atoms with van der Waals surface area (Å²) in [5.41, 5.74) is 6.87. The van der Waals surface area contributed by atoms with Crippen molar-refractivity contribution in [2.45, 2.75) is 13.3 Å². The van der Waals surface area contributed by atoms with Crippen LogP contribution in [0.3, 0.4) is 0 Å². The Balaban J connectivity index is 1.25. The maximum absolute atomic E-state index is 12.8. The van der Waals surface area contributed by atoms with E-state index in [0.717, 1.165) is 34.4 Å². The molecule has 5 nitrogen and oxygen atoms in total. The Morgan fingerprint density at radius 3 is 2.11 bits per heavy atom. The van der Waals surface area contributed by atoms with Gasteiger partial charge in [-0.15, -0.1) is 0 Å². The maximum Gasteiger partial charge on any atom is 0.255 e.